The van der Waals surface area contributed by atoms with Crippen LogP contribution in [0.2, 0.25) is 0 Å². The fourth-order valence-corrected chi connectivity index (χ4v) is 10.3. The zero-order valence-electron chi connectivity index (χ0n) is 43.4. The Balaban J connectivity index is 1.06. The largest absolute Gasteiger partial charge is 0.394 e. The van der Waals surface area contributed by atoms with Crippen LogP contribution in [0.3, 0.4) is 0 Å². The Kier molecular flexibility index (Phi) is 23.5. The quantitative estimate of drug-likeness (QED) is 0.0571. The summed E-state index contributed by atoms with van der Waals surface area (Å²) in [5.41, 5.74) is 0. The zero-order chi connectivity index (χ0) is 60.6. The van der Waals surface area contributed by atoms with Gasteiger partial charge in [-0.25, -0.2) is 0 Å². The Hall–Kier alpha value is -1.52. The summed E-state index contributed by atoms with van der Waals surface area (Å²) in [6, 6.07) is 0. The molecule has 0 radical (unpaired) electrons. The maximum atomic E-state index is 12.0. The van der Waals surface area contributed by atoms with Crippen molar-refractivity contribution in [2.75, 3.05) is 52.9 Å². The molecule has 23 N–H and O–H groups in total. The third-order valence-electron chi connectivity index (χ3n) is 15.4. The molecule has 484 valence electrons. The predicted octanol–water partition coefficient (Wildman–Crippen LogP) is -16.5. The van der Waals surface area contributed by atoms with Crippen LogP contribution >= 0.6 is 0 Å². The highest BCUT2D eigenvalue weighted by Crippen LogP contribution is 2.37. The van der Waals surface area contributed by atoms with Crippen molar-refractivity contribution in [2.45, 2.75) is 227 Å². The molecule has 0 aromatic carbocycles. The standard InChI is InChI=1S/C45H76O38/c46-1-12-20(54)22(56)30(64)41(76-12)83-37-19(53)11(50)5-71-45(37)74-8-16-36(81-42-31(65)23(57)21(55)14(77-42)6-72-39-28(62)17(51)9(48)3-69-39)26(60)33(67)44(79-16)82-35-15(7-73-40-29(63)18(52)10(49)4-70-40)78-43(32(66)25(35)59)80-34-13(2-47)75-38(68)27(61)24(34)58/h9-68H,1-8H2/t9?,10?,11?,12-,13-,14-,15-,16-,17+,18+,19+,20+,21-,22+,23+,24-,25-,26-,27-,28?,29?,30-,31-,32-,33-,34-,35-,36-,37?,38-,39?,40?,41+,42+,43+,44+,45?/m1/s1. The lowest BCUT2D eigenvalue weighted by molar-refractivity contribution is -0.395. The molecule has 8 fully saturated rings. The first-order valence-electron chi connectivity index (χ1n) is 26.4. The number of aliphatic hydroxyl groups excluding tert-OH is 23. The summed E-state index contributed by atoms with van der Waals surface area (Å²) in [5.74, 6) is 0. The first-order valence-corrected chi connectivity index (χ1v) is 26.4. The molecule has 37 atom stereocenters. The van der Waals surface area contributed by atoms with E-state index in [1.807, 2.05) is 0 Å². The molecule has 0 spiro atoms. The Morgan fingerprint density at radius 1 is 0.253 bits per heavy atom. The first kappa shape index (κ1) is 67.4. The van der Waals surface area contributed by atoms with E-state index in [1.165, 1.54) is 0 Å². The molecular formula is C45H76O38. The fraction of sp³-hybridized carbons (Fsp3) is 1.00. The van der Waals surface area contributed by atoms with Gasteiger partial charge in [-0.05, 0) is 0 Å². The van der Waals surface area contributed by atoms with Gasteiger partial charge in [-0.1, -0.05) is 0 Å². The van der Waals surface area contributed by atoms with Crippen LogP contribution in [-0.2, 0) is 71.1 Å². The minimum absolute atomic E-state index is 0.509. The summed E-state index contributed by atoms with van der Waals surface area (Å²) in [6.07, 6.45) is -72.3. The molecular weight excluding hydrogens is 1150 g/mol. The molecule has 0 amide bonds. The van der Waals surface area contributed by atoms with Crippen molar-refractivity contribution in [1.82, 2.24) is 0 Å². The van der Waals surface area contributed by atoms with E-state index < -0.39 is 280 Å². The lowest BCUT2D eigenvalue weighted by Gasteiger charge is -2.49. The van der Waals surface area contributed by atoms with Crippen molar-refractivity contribution in [3.63, 3.8) is 0 Å². The first-order chi connectivity index (χ1) is 39.3. The monoisotopic (exact) mass is 1220 g/mol. The Bertz CT molecular complexity index is 1970. The second-order valence-electron chi connectivity index (χ2n) is 21.2. The molecule has 38 nitrogen and oxygen atoms in total. The molecule has 8 rings (SSSR count). The highest BCUT2D eigenvalue weighted by molar-refractivity contribution is 5.00. The Morgan fingerprint density at radius 2 is 0.566 bits per heavy atom. The molecule has 0 aromatic rings. The highest BCUT2D eigenvalue weighted by Gasteiger charge is 2.57. The van der Waals surface area contributed by atoms with E-state index in [1.54, 1.807) is 0 Å². The van der Waals surface area contributed by atoms with Crippen molar-refractivity contribution in [2.24, 2.45) is 0 Å². The molecule has 0 bridgehead atoms. The van der Waals surface area contributed by atoms with Crippen LogP contribution in [0.15, 0.2) is 0 Å². The summed E-state index contributed by atoms with van der Waals surface area (Å²) >= 11 is 0. The fourth-order valence-electron chi connectivity index (χ4n) is 10.3. The SMILES string of the molecule is OC[C@H]1O[C@@H](OC2C(OC[C@H]3O[C@@H](O[C@H]4[C@H](O)[C@@H](O)[C@H](O[C@H]5[C@H](O)[C@@H](O)[C@H](O)O[C@@H]5CO)O[C@@H]4COC4OCC(O)[C@H](O)C4O)[C@H](O)[C@@H](O)[C@@H]3O[C@@H]3O[C@H](COC4OCC(O)[C@H](O)C4O)[C@@H](O)[C@H](O)[C@H]3O)OCC(O)[C@@H]2O)[C@H](O)[C@@H](O)[C@H]1O. The van der Waals surface area contributed by atoms with E-state index in [0.29, 0.717) is 0 Å². The van der Waals surface area contributed by atoms with Gasteiger partial charge in [0, 0.05) is 0 Å². The molecule has 83 heavy (non-hydrogen) atoms. The highest BCUT2D eigenvalue weighted by atomic mass is 16.8. The second kappa shape index (κ2) is 29.0. The summed E-state index contributed by atoms with van der Waals surface area (Å²) in [6.45, 7) is -6.37. The van der Waals surface area contributed by atoms with E-state index in [0.717, 1.165) is 0 Å². The van der Waals surface area contributed by atoms with Gasteiger partial charge < -0.3 is 189 Å². The van der Waals surface area contributed by atoms with Crippen molar-refractivity contribution in [3.05, 3.63) is 0 Å². The lowest BCUT2D eigenvalue weighted by atomic mass is 9.95. The van der Waals surface area contributed by atoms with Gasteiger partial charge in [0.05, 0.1) is 52.9 Å². The Morgan fingerprint density at radius 3 is 1.01 bits per heavy atom. The number of hydrogen-bond donors (Lipinski definition) is 23. The average molecular weight is 1230 g/mol. The smallest absolute Gasteiger partial charge is 0.187 e. The summed E-state index contributed by atoms with van der Waals surface area (Å²) in [4.78, 5) is 0. The molecule has 9 unspecified atom stereocenters. The van der Waals surface area contributed by atoms with Gasteiger partial charge >= 0.3 is 0 Å². The third-order valence-corrected chi connectivity index (χ3v) is 15.4. The predicted molar refractivity (Wildman–Crippen MR) is 246 cm³/mol. The van der Waals surface area contributed by atoms with Crippen LogP contribution in [0.1, 0.15) is 0 Å². The molecule has 8 aliphatic rings. The zero-order valence-corrected chi connectivity index (χ0v) is 43.4. The van der Waals surface area contributed by atoms with Gasteiger partial charge in [-0.3, -0.25) is 0 Å². The van der Waals surface area contributed by atoms with E-state index >= 15 is 0 Å². The van der Waals surface area contributed by atoms with Gasteiger partial charge in [0.25, 0.3) is 0 Å². The van der Waals surface area contributed by atoms with Crippen LogP contribution in [0.25, 0.3) is 0 Å². The van der Waals surface area contributed by atoms with E-state index in [2.05, 4.69) is 0 Å². The molecule has 8 heterocycles. The molecule has 0 aromatic heterocycles. The van der Waals surface area contributed by atoms with E-state index in [4.69, 9.17) is 71.1 Å². The summed E-state index contributed by atoms with van der Waals surface area (Å²) in [5, 5.41) is 246. The van der Waals surface area contributed by atoms with Gasteiger partial charge in [0.1, 0.15) is 177 Å². The molecule has 0 saturated carbocycles. The van der Waals surface area contributed by atoms with Crippen molar-refractivity contribution in [1.29, 1.82) is 0 Å². The van der Waals surface area contributed by atoms with E-state index in [9.17, 15) is 117 Å². The average Bonchev–Trinajstić information content (AvgIpc) is 3.35. The summed E-state index contributed by atoms with van der Waals surface area (Å²) < 4.78 is 84.8. The second-order valence-corrected chi connectivity index (χ2v) is 21.2. The van der Waals surface area contributed by atoms with Crippen molar-refractivity contribution in [3.8, 4) is 0 Å². The van der Waals surface area contributed by atoms with Crippen molar-refractivity contribution < 1.29 is 189 Å². The van der Waals surface area contributed by atoms with Gasteiger partial charge in [-0.2, -0.15) is 0 Å². The number of ether oxygens (including phenoxy) is 15. The van der Waals surface area contributed by atoms with E-state index in [-0.39, 0.29) is 0 Å². The minimum atomic E-state index is -2.39. The number of hydrogen-bond acceptors (Lipinski definition) is 38. The van der Waals surface area contributed by atoms with Gasteiger partial charge in [0.2, 0.25) is 0 Å². The molecule has 38 heteroatoms. The van der Waals surface area contributed by atoms with Crippen LogP contribution in [0.4, 0.5) is 0 Å². The normalized spacial score (nSPS) is 53.9. The van der Waals surface area contributed by atoms with Crippen LogP contribution in [0.5, 0.6) is 0 Å². The molecule has 0 aliphatic carbocycles. The van der Waals surface area contributed by atoms with Crippen LogP contribution < -0.4 is 0 Å². The van der Waals surface area contributed by atoms with Crippen LogP contribution in [-0.4, -0.2) is 398 Å². The third kappa shape index (κ3) is 14.6. The summed E-state index contributed by atoms with van der Waals surface area (Å²) in [7, 11) is 0. The van der Waals surface area contributed by atoms with Gasteiger partial charge in [-0.15, -0.1) is 0 Å². The maximum absolute atomic E-state index is 12.0. The maximum Gasteiger partial charge on any atom is 0.187 e. The Labute approximate surface area is 468 Å². The molecule has 8 aliphatic heterocycles. The van der Waals surface area contributed by atoms with Crippen molar-refractivity contribution >= 4 is 0 Å². The minimum Gasteiger partial charge on any atom is -0.394 e. The number of rotatable bonds is 19. The number of aliphatic hydroxyl groups is 23. The topological polar surface area (TPSA) is 604 Å². The molecule has 8 saturated heterocycles. The lowest BCUT2D eigenvalue weighted by Crippen LogP contribution is -2.68. The van der Waals surface area contributed by atoms with Gasteiger partial charge in [0.15, 0.2) is 50.3 Å². The van der Waals surface area contributed by atoms with Crippen LogP contribution in [0, 0.1) is 0 Å².